The quantitative estimate of drug-likeness (QED) is 0.420. The van der Waals surface area contributed by atoms with Crippen LogP contribution in [-0.4, -0.2) is 49.5 Å². The molecule has 172 valence electrons. The van der Waals surface area contributed by atoms with Crippen molar-refractivity contribution in [1.82, 2.24) is 4.90 Å². The molecule has 0 saturated heterocycles. The number of rotatable bonds is 11. The fourth-order valence-corrected chi connectivity index (χ4v) is 3.04. The van der Waals surface area contributed by atoms with Crippen LogP contribution in [0, 0.1) is 13.8 Å². The second-order valence-electron chi connectivity index (χ2n) is 7.72. The van der Waals surface area contributed by atoms with Gasteiger partial charge in [0.05, 0.1) is 18.7 Å². The van der Waals surface area contributed by atoms with Gasteiger partial charge in [-0.25, -0.2) is 4.79 Å². The van der Waals surface area contributed by atoms with Crippen molar-refractivity contribution in [2.75, 3.05) is 32.1 Å². The number of benzene rings is 2. The lowest BCUT2D eigenvalue weighted by molar-refractivity contribution is -0.136. The van der Waals surface area contributed by atoms with Crippen molar-refractivity contribution < 1.29 is 23.9 Å². The summed E-state index contributed by atoms with van der Waals surface area (Å²) in [4.78, 5) is 38.0. The minimum absolute atomic E-state index is 0.145. The van der Waals surface area contributed by atoms with Gasteiger partial charge in [-0.1, -0.05) is 38.0 Å². The van der Waals surface area contributed by atoms with Crippen LogP contribution in [0.15, 0.2) is 42.5 Å². The molecule has 0 aliphatic heterocycles. The van der Waals surface area contributed by atoms with E-state index in [9.17, 15) is 14.4 Å². The van der Waals surface area contributed by atoms with Gasteiger partial charge in [0.25, 0.3) is 5.91 Å². The topological polar surface area (TPSA) is 84.9 Å². The van der Waals surface area contributed by atoms with Crippen molar-refractivity contribution in [2.24, 2.45) is 0 Å². The molecule has 7 nitrogen and oxygen atoms in total. The molecule has 1 N–H and O–H groups in total. The van der Waals surface area contributed by atoms with Gasteiger partial charge in [-0.3, -0.25) is 9.59 Å². The van der Waals surface area contributed by atoms with E-state index in [1.54, 1.807) is 24.3 Å². The lowest BCUT2D eigenvalue weighted by atomic mass is 10.1. The summed E-state index contributed by atoms with van der Waals surface area (Å²) >= 11 is 0. The molecule has 32 heavy (non-hydrogen) atoms. The molecule has 0 unspecified atom stereocenters. The SMILES string of the molecule is CCCCCOc1ccc(C(=O)OCC(=O)N(C)CC(=O)Nc2c(C)cccc2C)cc1. The van der Waals surface area contributed by atoms with E-state index in [0.717, 1.165) is 36.1 Å². The summed E-state index contributed by atoms with van der Waals surface area (Å²) < 4.78 is 10.7. The predicted molar refractivity (Wildman–Crippen MR) is 124 cm³/mol. The number of carbonyl (C=O) groups is 3. The molecule has 0 radical (unpaired) electrons. The maximum absolute atomic E-state index is 12.3. The number of carbonyl (C=O) groups excluding carboxylic acids is 3. The number of hydrogen-bond acceptors (Lipinski definition) is 5. The van der Waals surface area contributed by atoms with Gasteiger partial charge < -0.3 is 19.7 Å². The van der Waals surface area contributed by atoms with Crippen molar-refractivity contribution in [1.29, 1.82) is 0 Å². The third-order valence-electron chi connectivity index (χ3n) is 4.99. The molecule has 0 atom stereocenters. The van der Waals surface area contributed by atoms with Crippen LogP contribution >= 0.6 is 0 Å². The number of para-hydroxylation sites is 1. The first-order valence-corrected chi connectivity index (χ1v) is 10.8. The Balaban J connectivity index is 1.78. The number of ether oxygens (including phenoxy) is 2. The van der Waals surface area contributed by atoms with Gasteiger partial charge in [-0.15, -0.1) is 0 Å². The summed E-state index contributed by atoms with van der Waals surface area (Å²) in [7, 11) is 1.49. The minimum Gasteiger partial charge on any atom is -0.494 e. The monoisotopic (exact) mass is 440 g/mol. The van der Waals surface area contributed by atoms with Crippen LogP contribution in [-0.2, 0) is 14.3 Å². The summed E-state index contributed by atoms with van der Waals surface area (Å²) in [6.45, 7) is 5.99. The standard InChI is InChI=1S/C25H32N2O5/c1-5-6-7-15-31-21-13-11-20(12-14-21)25(30)32-17-23(29)27(4)16-22(28)26-24-18(2)9-8-10-19(24)3/h8-14H,5-7,15-17H2,1-4H3,(H,26,28). The van der Waals surface area contributed by atoms with E-state index in [4.69, 9.17) is 9.47 Å². The van der Waals surface area contributed by atoms with E-state index in [0.29, 0.717) is 17.9 Å². The predicted octanol–water partition coefficient (Wildman–Crippen LogP) is 4.13. The van der Waals surface area contributed by atoms with Gasteiger partial charge in [0, 0.05) is 12.7 Å². The maximum atomic E-state index is 12.3. The highest BCUT2D eigenvalue weighted by Gasteiger charge is 2.17. The highest BCUT2D eigenvalue weighted by molar-refractivity contribution is 5.96. The van der Waals surface area contributed by atoms with Crippen LogP contribution < -0.4 is 10.1 Å². The fraction of sp³-hybridized carbons (Fsp3) is 0.400. The van der Waals surface area contributed by atoms with E-state index in [1.165, 1.54) is 11.9 Å². The van der Waals surface area contributed by atoms with E-state index < -0.39 is 18.5 Å². The fourth-order valence-electron chi connectivity index (χ4n) is 3.04. The Morgan fingerprint density at radius 3 is 2.25 bits per heavy atom. The molecule has 2 amide bonds. The Morgan fingerprint density at radius 2 is 1.62 bits per heavy atom. The molecule has 7 heteroatoms. The smallest absolute Gasteiger partial charge is 0.338 e. The van der Waals surface area contributed by atoms with Crippen LogP contribution in [0.1, 0.15) is 47.7 Å². The average Bonchev–Trinajstić information content (AvgIpc) is 2.77. The number of likely N-dealkylation sites (N-methyl/N-ethyl adjacent to an activating group) is 1. The number of nitrogens with one attached hydrogen (secondary N) is 1. The molecule has 0 spiro atoms. The Bertz CT molecular complexity index is 904. The lowest BCUT2D eigenvalue weighted by Crippen LogP contribution is -2.37. The zero-order valence-electron chi connectivity index (χ0n) is 19.3. The third kappa shape index (κ3) is 7.72. The number of unbranched alkanes of at least 4 members (excludes halogenated alkanes) is 2. The number of esters is 1. The average molecular weight is 441 g/mol. The first kappa shape index (κ1) is 24.9. The number of hydrogen-bond donors (Lipinski definition) is 1. The van der Waals surface area contributed by atoms with E-state index in [2.05, 4.69) is 12.2 Å². The van der Waals surface area contributed by atoms with Crippen molar-refractivity contribution in [2.45, 2.75) is 40.0 Å². The Labute approximate surface area is 189 Å². The van der Waals surface area contributed by atoms with Crippen LogP contribution in [0.5, 0.6) is 5.75 Å². The van der Waals surface area contributed by atoms with Crippen molar-refractivity contribution >= 4 is 23.5 Å². The normalized spacial score (nSPS) is 10.4. The molecular formula is C25H32N2O5. The van der Waals surface area contributed by atoms with Gasteiger partial charge in [0.2, 0.25) is 5.91 Å². The maximum Gasteiger partial charge on any atom is 0.338 e. The number of anilines is 1. The Morgan fingerprint density at radius 1 is 0.969 bits per heavy atom. The van der Waals surface area contributed by atoms with E-state index in [1.807, 2.05) is 32.0 Å². The van der Waals surface area contributed by atoms with Gasteiger partial charge in [0.15, 0.2) is 6.61 Å². The molecule has 0 bridgehead atoms. The number of amides is 2. The van der Waals surface area contributed by atoms with E-state index in [-0.39, 0.29) is 12.5 Å². The molecule has 0 aliphatic carbocycles. The van der Waals surface area contributed by atoms with Gasteiger partial charge in [-0.05, 0) is 55.7 Å². The highest BCUT2D eigenvalue weighted by atomic mass is 16.5. The van der Waals surface area contributed by atoms with E-state index >= 15 is 0 Å². The van der Waals surface area contributed by atoms with Crippen molar-refractivity contribution in [3.63, 3.8) is 0 Å². The Kier molecular flexibility index (Phi) is 9.73. The minimum atomic E-state index is -0.607. The van der Waals surface area contributed by atoms with Gasteiger partial charge >= 0.3 is 5.97 Å². The molecule has 0 aromatic heterocycles. The van der Waals surface area contributed by atoms with Crippen LogP contribution in [0.4, 0.5) is 5.69 Å². The molecule has 0 aliphatic rings. The zero-order chi connectivity index (χ0) is 23.5. The molecule has 0 fully saturated rings. The molecule has 0 heterocycles. The largest absolute Gasteiger partial charge is 0.494 e. The van der Waals surface area contributed by atoms with Crippen LogP contribution in [0.2, 0.25) is 0 Å². The zero-order valence-corrected chi connectivity index (χ0v) is 19.3. The Hall–Kier alpha value is -3.35. The molecular weight excluding hydrogens is 408 g/mol. The second kappa shape index (κ2) is 12.5. The van der Waals surface area contributed by atoms with Crippen LogP contribution in [0.25, 0.3) is 0 Å². The van der Waals surface area contributed by atoms with Gasteiger partial charge in [0.1, 0.15) is 5.75 Å². The number of nitrogens with zero attached hydrogens (tertiary/aromatic N) is 1. The highest BCUT2D eigenvalue weighted by Crippen LogP contribution is 2.19. The third-order valence-corrected chi connectivity index (χ3v) is 4.99. The van der Waals surface area contributed by atoms with Gasteiger partial charge in [-0.2, -0.15) is 0 Å². The first-order valence-electron chi connectivity index (χ1n) is 10.8. The first-order chi connectivity index (χ1) is 15.3. The van der Waals surface area contributed by atoms with Crippen molar-refractivity contribution in [3.8, 4) is 5.75 Å². The second-order valence-corrected chi connectivity index (χ2v) is 7.72. The summed E-state index contributed by atoms with van der Waals surface area (Å²) in [5.74, 6) is -0.711. The molecule has 2 aromatic rings. The summed E-state index contributed by atoms with van der Waals surface area (Å²) in [6.07, 6.45) is 3.22. The summed E-state index contributed by atoms with van der Waals surface area (Å²) in [6, 6.07) is 12.3. The molecule has 2 rings (SSSR count). The summed E-state index contributed by atoms with van der Waals surface area (Å²) in [5.41, 5.74) is 2.95. The van der Waals surface area contributed by atoms with Crippen molar-refractivity contribution in [3.05, 3.63) is 59.2 Å². The van der Waals surface area contributed by atoms with Crippen LogP contribution in [0.3, 0.4) is 0 Å². The lowest BCUT2D eigenvalue weighted by Gasteiger charge is -2.18. The summed E-state index contributed by atoms with van der Waals surface area (Å²) in [5, 5.41) is 2.83. The molecule has 0 saturated carbocycles. The number of aryl methyl sites for hydroxylation is 2. The molecule has 2 aromatic carbocycles.